The topological polar surface area (TPSA) is 38.0 Å². The van der Waals surface area contributed by atoms with Gasteiger partial charge in [-0.15, -0.1) is 0 Å². The molecule has 2 heteroatoms. The summed E-state index contributed by atoms with van der Waals surface area (Å²) in [5.74, 6) is 0.805. The van der Waals surface area contributed by atoms with E-state index in [9.17, 15) is 0 Å². The highest BCUT2D eigenvalue weighted by Crippen LogP contribution is 2.67. The molecule has 0 saturated heterocycles. The predicted octanol–water partition coefficient (Wildman–Crippen LogP) is 3.02. The largest absolute Gasteiger partial charge is 0.330 e. The second-order valence-corrected chi connectivity index (χ2v) is 7.04. The van der Waals surface area contributed by atoms with Crippen molar-refractivity contribution in [2.45, 2.75) is 54.4 Å². The van der Waals surface area contributed by atoms with Crippen LogP contribution in [0.15, 0.2) is 0 Å². The summed E-state index contributed by atoms with van der Waals surface area (Å²) < 4.78 is 0. The smallest absolute Gasteiger partial charge is 0.00198 e. The lowest BCUT2D eigenvalue weighted by Crippen LogP contribution is -2.40. The molecule has 0 amide bonds. The lowest BCUT2D eigenvalue weighted by atomic mass is 9.82. The van der Waals surface area contributed by atoms with Gasteiger partial charge in [0, 0.05) is 6.54 Å². The van der Waals surface area contributed by atoms with Crippen LogP contribution in [-0.2, 0) is 0 Å². The summed E-state index contributed by atoms with van der Waals surface area (Å²) in [4.78, 5) is 0. The van der Waals surface area contributed by atoms with E-state index in [1.165, 1.54) is 12.8 Å². The van der Waals surface area contributed by atoms with E-state index in [-0.39, 0.29) is 0 Å². The Morgan fingerprint density at radius 2 is 1.53 bits per heavy atom. The Hall–Kier alpha value is -0.0800. The van der Waals surface area contributed by atoms with E-state index in [4.69, 9.17) is 5.73 Å². The van der Waals surface area contributed by atoms with Gasteiger partial charge >= 0.3 is 0 Å². The number of rotatable bonds is 7. The van der Waals surface area contributed by atoms with E-state index in [1.807, 2.05) is 0 Å². The normalized spacial score (nSPS) is 22.8. The van der Waals surface area contributed by atoms with Crippen LogP contribution >= 0.6 is 0 Å². The maximum Gasteiger partial charge on any atom is 0.00198 e. The van der Waals surface area contributed by atoms with Crippen LogP contribution in [0.4, 0.5) is 0 Å². The molecule has 0 bridgehead atoms. The lowest BCUT2D eigenvalue weighted by molar-refractivity contribution is 0.255. The maximum absolute atomic E-state index is 5.93. The minimum atomic E-state index is 0.309. The van der Waals surface area contributed by atoms with E-state index in [2.05, 4.69) is 46.9 Å². The molecule has 17 heavy (non-hydrogen) atoms. The van der Waals surface area contributed by atoms with Crippen molar-refractivity contribution in [2.24, 2.45) is 27.9 Å². The van der Waals surface area contributed by atoms with Crippen molar-refractivity contribution in [3.63, 3.8) is 0 Å². The van der Waals surface area contributed by atoms with Crippen molar-refractivity contribution in [1.29, 1.82) is 0 Å². The van der Waals surface area contributed by atoms with Gasteiger partial charge in [-0.2, -0.15) is 0 Å². The Labute approximate surface area is 108 Å². The summed E-state index contributed by atoms with van der Waals surface area (Å²) >= 11 is 0. The Bertz CT molecular complexity index is 229. The molecule has 0 radical (unpaired) electrons. The van der Waals surface area contributed by atoms with Crippen molar-refractivity contribution >= 4 is 0 Å². The van der Waals surface area contributed by atoms with Gasteiger partial charge < -0.3 is 11.1 Å². The molecule has 0 aromatic rings. The zero-order valence-electron chi connectivity index (χ0n) is 12.7. The molecule has 2 nitrogen and oxygen atoms in total. The van der Waals surface area contributed by atoms with Gasteiger partial charge in [0.1, 0.15) is 0 Å². The van der Waals surface area contributed by atoms with E-state index >= 15 is 0 Å². The van der Waals surface area contributed by atoms with Crippen LogP contribution in [0.3, 0.4) is 0 Å². The molecule has 1 fully saturated rings. The highest BCUT2D eigenvalue weighted by Gasteiger charge is 2.63. The summed E-state index contributed by atoms with van der Waals surface area (Å²) in [6.07, 6.45) is 2.34. The van der Waals surface area contributed by atoms with Gasteiger partial charge in [-0.3, -0.25) is 0 Å². The third-order valence-electron chi connectivity index (χ3n) is 6.10. The van der Waals surface area contributed by atoms with Crippen LogP contribution in [0.1, 0.15) is 54.4 Å². The van der Waals surface area contributed by atoms with Gasteiger partial charge in [0.15, 0.2) is 0 Å². The van der Waals surface area contributed by atoms with E-state index in [0.29, 0.717) is 16.2 Å². The average Bonchev–Trinajstić information content (AvgIpc) is 2.67. The third kappa shape index (κ3) is 2.53. The Balaban J connectivity index is 2.39. The third-order valence-corrected chi connectivity index (χ3v) is 6.10. The van der Waals surface area contributed by atoms with E-state index in [0.717, 1.165) is 25.6 Å². The monoisotopic (exact) mass is 240 g/mol. The molecule has 0 heterocycles. The van der Waals surface area contributed by atoms with Crippen LogP contribution in [-0.4, -0.2) is 19.6 Å². The first kappa shape index (κ1) is 15.0. The van der Waals surface area contributed by atoms with Crippen molar-refractivity contribution in [3.8, 4) is 0 Å². The molecule has 1 saturated carbocycles. The fourth-order valence-corrected chi connectivity index (χ4v) is 3.19. The summed E-state index contributed by atoms with van der Waals surface area (Å²) in [6.45, 7) is 17.0. The van der Waals surface area contributed by atoms with Crippen molar-refractivity contribution < 1.29 is 0 Å². The zero-order chi connectivity index (χ0) is 13.3. The molecule has 3 N–H and O–H groups in total. The molecule has 0 aromatic carbocycles. The van der Waals surface area contributed by atoms with Crippen LogP contribution in [0.5, 0.6) is 0 Å². The molecule has 1 aliphatic carbocycles. The molecule has 0 spiro atoms. The molecule has 0 aromatic heterocycles. The fraction of sp³-hybridized carbons (Fsp3) is 1.00. The molecular formula is C15H32N2. The van der Waals surface area contributed by atoms with Crippen molar-refractivity contribution in [1.82, 2.24) is 5.32 Å². The molecule has 0 unspecified atom stereocenters. The quantitative estimate of drug-likeness (QED) is 0.718. The minimum Gasteiger partial charge on any atom is -0.330 e. The molecule has 0 aliphatic heterocycles. The standard InChI is InChI=1S/C15H32N2/c1-7-15(8-2,10-16)11-17-9-12-13(3,4)14(12,5)6/h12,17H,7-11,16H2,1-6H3. The van der Waals surface area contributed by atoms with Gasteiger partial charge in [-0.25, -0.2) is 0 Å². The van der Waals surface area contributed by atoms with Crippen molar-refractivity contribution in [2.75, 3.05) is 19.6 Å². The van der Waals surface area contributed by atoms with E-state index in [1.54, 1.807) is 0 Å². The Morgan fingerprint density at radius 1 is 1.06 bits per heavy atom. The SMILES string of the molecule is CCC(CC)(CN)CNCC1C(C)(C)C1(C)C. The molecule has 1 rings (SSSR count). The van der Waals surface area contributed by atoms with Gasteiger partial charge in [-0.05, 0) is 48.1 Å². The zero-order valence-corrected chi connectivity index (χ0v) is 12.7. The Kier molecular flexibility index (Phi) is 4.31. The Morgan fingerprint density at radius 3 is 1.82 bits per heavy atom. The highest BCUT2D eigenvalue weighted by molar-refractivity contribution is 5.12. The lowest BCUT2D eigenvalue weighted by Gasteiger charge is -2.30. The first-order chi connectivity index (χ1) is 7.77. The molecule has 102 valence electrons. The summed E-state index contributed by atoms with van der Waals surface area (Å²) in [7, 11) is 0. The average molecular weight is 240 g/mol. The molecule has 0 atom stereocenters. The minimum absolute atomic E-state index is 0.309. The first-order valence-corrected chi connectivity index (χ1v) is 7.18. The second kappa shape index (κ2) is 4.89. The predicted molar refractivity (Wildman–Crippen MR) is 76.0 cm³/mol. The van der Waals surface area contributed by atoms with Gasteiger partial charge in [0.2, 0.25) is 0 Å². The molecule has 1 aliphatic rings. The number of hydrogen-bond donors (Lipinski definition) is 2. The maximum atomic E-state index is 5.93. The van der Waals surface area contributed by atoms with Crippen LogP contribution < -0.4 is 11.1 Å². The molecular weight excluding hydrogens is 208 g/mol. The highest BCUT2D eigenvalue weighted by atomic mass is 14.9. The van der Waals surface area contributed by atoms with Crippen LogP contribution in [0.2, 0.25) is 0 Å². The summed E-state index contributed by atoms with van der Waals surface area (Å²) in [5.41, 5.74) is 7.22. The number of nitrogens with one attached hydrogen (secondary N) is 1. The number of hydrogen-bond acceptors (Lipinski definition) is 2. The second-order valence-electron chi connectivity index (χ2n) is 7.04. The fourth-order valence-electron chi connectivity index (χ4n) is 3.19. The number of nitrogens with two attached hydrogens (primary N) is 1. The van der Waals surface area contributed by atoms with Crippen LogP contribution in [0, 0.1) is 22.2 Å². The summed E-state index contributed by atoms with van der Waals surface area (Å²) in [5, 5.41) is 3.67. The van der Waals surface area contributed by atoms with E-state index < -0.39 is 0 Å². The van der Waals surface area contributed by atoms with Crippen molar-refractivity contribution in [3.05, 3.63) is 0 Å². The summed E-state index contributed by atoms with van der Waals surface area (Å²) in [6, 6.07) is 0. The van der Waals surface area contributed by atoms with Gasteiger partial charge in [0.05, 0.1) is 0 Å². The van der Waals surface area contributed by atoms with Gasteiger partial charge in [-0.1, -0.05) is 41.5 Å². The first-order valence-electron chi connectivity index (χ1n) is 7.18. The van der Waals surface area contributed by atoms with Crippen LogP contribution in [0.25, 0.3) is 0 Å². The van der Waals surface area contributed by atoms with Gasteiger partial charge in [0.25, 0.3) is 0 Å².